The number of hydrogen-bond donors (Lipinski definition) is 1. The third-order valence-electron chi connectivity index (χ3n) is 3.17. The summed E-state index contributed by atoms with van der Waals surface area (Å²) in [6.45, 7) is 0. The SMILES string of the molecule is O=S(=O)(Nc1ccccc1-c1cc2ccccc2o1)C(F)(F)F. The molecule has 120 valence electrons. The van der Waals surface area contributed by atoms with Gasteiger partial charge in [0.1, 0.15) is 11.3 Å². The zero-order valence-corrected chi connectivity index (χ0v) is 12.3. The molecular weight excluding hydrogens is 331 g/mol. The van der Waals surface area contributed by atoms with Gasteiger partial charge in [-0.05, 0) is 24.3 Å². The average molecular weight is 341 g/mol. The fourth-order valence-electron chi connectivity index (χ4n) is 2.10. The van der Waals surface area contributed by atoms with Crippen LogP contribution in [0.15, 0.2) is 59.0 Å². The summed E-state index contributed by atoms with van der Waals surface area (Å²) in [5.74, 6) is 0.270. The van der Waals surface area contributed by atoms with E-state index in [2.05, 4.69) is 0 Å². The third-order valence-corrected chi connectivity index (χ3v) is 4.27. The minimum atomic E-state index is -5.50. The van der Waals surface area contributed by atoms with Crippen LogP contribution in [0, 0.1) is 0 Å². The van der Waals surface area contributed by atoms with Crippen molar-refractivity contribution in [2.75, 3.05) is 4.72 Å². The van der Waals surface area contributed by atoms with Gasteiger partial charge in [-0.1, -0.05) is 30.3 Å². The maximum atomic E-state index is 12.5. The van der Waals surface area contributed by atoms with Gasteiger partial charge in [0, 0.05) is 10.9 Å². The Balaban J connectivity index is 2.08. The fraction of sp³-hybridized carbons (Fsp3) is 0.0667. The second-order valence-electron chi connectivity index (χ2n) is 4.75. The molecule has 0 fully saturated rings. The van der Waals surface area contributed by atoms with Crippen LogP contribution in [0.2, 0.25) is 0 Å². The zero-order valence-electron chi connectivity index (χ0n) is 11.5. The van der Waals surface area contributed by atoms with Crippen LogP contribution < -0.4 is 4.72 Å². The summed E-state index contributed by atoms with van der Waals surface area (Å²) < 4.78 is 67.4. The second kappa shape index (κ2) is 5.31. The van der Waals surface area contributed by atoms with E-state index in [0.717, 1.165) is 5.39 Å². The molecule has 0 spiro atoms. The smallest absolute Gasteiger partial charge is 0.456 e. The van der Waals surface area contributed by atoms with Gasteiger partial charge in [0.2, 0.25) is 0 Å². The highest BCUT2D eigenvalue weighted by Crippen LogP contribution is 2.34. The van der Waals surface area contributed by atoms with Crippen LogP contribution >= 0.6 is 0 Å². The van der Waals surface area contributed by atoms with Gasteiger partial charge in [-0.15, -0.1) is 0 Å². The van der Waals surface area contributed by atoms with Crippen LogP contribution in [0.5, 0.6) is 0 Å². The van der Waals surface area contributed by atoms with Gasteiger partial charge in [0.05, 0.1) is 5.69 Å². The number of hydrogen-bond acceptors (Lipinski definition) is 3. The van der Waals surface area contributed by atoms with Crippen LogP contribution in [-0.2, 0) is 10.0 Å². The monoisotopic (exact) mass is 341 g/mol. The molecule has 0 aliphatic carbocycles. The fourth-order valence-corrected chi connectivity index (χ4v) is 2.69. The van der Waals surface area contributed by atoms with Gasteiger partial charge in [-0.2, -0.15) is 21.6 Å². The highest BCUT2D eigenvalue weighted by molar-refractivity contribution is 7.93. The van der Waals surface area contributed by atoms with E-state index in [-0.39, 0.29) is 17.0 Å². The van der Waals surface area contributed by atoms with E-state index in [1.54, 1.807) is 41.1 Å². The van der Waals surface area contributed by atoms with E-state index >= 15 is 0 Å². The minimum absolute atomic E-state index is 0.205. The Hall–Kier alpha value is -2.48. The molecule has 0 unspecified atom stereocenters. The molecule has 23 heavy (non-hydrogen) atoms. The van der Waals surface area contributed by atoms with E-state index in [1.165, 1.54) is 18.2 Å². The van der Waals surface area contributed by atoms with Gasteiger partial charge in [0.15, 0.2) is 0 Å². The van der Waals surface area contributed by atoms with Crippen molar-refractivity contribution in [3.05, 3.63) is 54.6 Å². The lowest BCUT2D eigenvalue weighted by Gasteiger charge is -2.12. The number of nitrogens with one attached hydrogen (secondary N) is 1. The van der Waals surface area contributed by atoms with Gasteiger partial charge in [-0.3, -0.25) is 4.72 Å². The maximum absolute atomic E-state index is 12.5. The standard InChI is InChI=1S/C15H10F3NO3S/c16-15(17,18)23(20,21)19-12-7-3-2-6-11(12)14-9-10-5-1-4-8-13(10)22-14/h1-9,19H. The third kappa shape index (κ3) is 2.89. The Morgan fingerprint density at radius 3 is 2.30 bits per heavy atom. The highest BCUT2D eigenvalue weighted by Gasteiger charge is 2.46. The summed E-state index contributed by atoms with van der Waals surface area (Å²) in [5.41, 5.74) is -4.83. The highest BCUT2D eigenvalue weighted by atomic mass is 32.2. The molecule has 4 nitrogen and oxygen atoms in total. The van der Waals surface area contributed by atoms with Crippen LogP contribution in [-0.4, -0.2) is 13.9 Å². The Kier molecular flexibility index (Phi) is 3.56. The first-order valence-corrected chi connectivity index (χ1v) is 7.93. The number of furan rings is 1. The maximum Gasteiger partial charge on any atom is 0.516 e. The van der Waals surface area contributed by atoms with Crippen molar-refractivity contribution in [3.63, 3.8) is 0 Å². The van der Waals surface area contributed by atoms with Crippen LogP contribution in [0.3, 0.4) is 0 Å². The Labute approximate surface area is 129 Å². The summed E-state index contributed by atoms with van der Waals surface area (Å²) in [7, 11) is -5.50. The van der Waals surface area contributed by atoms with Gasteiger partial charge >= 0.3 is 15.5 Å². The molecule has 2 aromatic carbocycles. The lowest BCUT2D eigenvalue weighted by atomic mass is 10.1. The summed E-state index contributed by atoms with van der Waals surface area (Å²) in [5, 5.41) is 0.760. The molecule has 0 radical (unpaired) electrons. The van der Waals surface area contributed by atoms with Crippen molar-refractivity contribution in [2.24, 2.45) is 0 Å². The topological polar surface area (TPSA) is 59.3 Å². The quantitative estimate of drug-likeness (QED) is 0.770. The molecule has 1 N–H and O–H groups in total. The van der Waals surface area contributed by atoms with Gasteiger partial charge in [0.25, 0.3) is 0 Å². The largest absolute Gasteiger partial charge is 0.516 e. The van der Waals surface area contributed by atoms with Gasteiger partial charge in [-0.25, -0.2) is 0 Å². The number of halogens is 3. The van der Waals surface area contributed by atoms with Crippen LogP contribution in [0.1, 0.15) is 0 Å². The first kappa shape index (κ1) is 15.4. The summed E-state index contributed by atoms with van der Waals surface area (Å²) in [4.78, 5) is 0. The molecule has 3 aromatic rings. The molecule has 1 heterocycles. The van der Waals surface area contributed by atoms with Gasteiger partial charge < -0.3 is 4.42 Å². The molecule has 8 heteroatoms. The number of sulfonamides is 1. The molecule has 0 atom stereocenters. The number of para-hydroxylation sites is 2. The summed E-state index contributed by atoms with van der Waals surface area (Å²) >= 11 is 0. The minimum Gasteiger partial charge on any atom is -0.456 e. The van der Waals surface area contributed by atoms with Crippen molar-refractivity contribution in [1.29, 1.82) is 0 Å². The Bertz CT molecular complexity index is 928. The predicted octanol–water partition coefficient (Wildman–Crippen LogP) is 4.36. The lowest BCUT2D eigenvalue weighted by Crippen LogP contribution is -2.30. The molecule has 0 saturated carbocycles. The van der Waals surface area contributed by atoms with E-state index in [1.807, 2.05) is 0 Å². The Morgan fingerprint density at radius 2 is 1.61 bits per heavy atom. The van der Waals surface area contributed by atoms with Crippen LogP contribution in [0.25, 0.3) is 22.3 Å². The molecule has 0 aliphatic heterocycles. The van der Waals surface area contributed by atoms with Crippen molar-refractivity contribution >= 4 is 26.7 Å². The molecule has 3 rings (SSSR count). The number of fused-ring (bicyclic) bond motifs is 1. The van der Waals surface area contributed by atoms with E-state index in [4.69, 9.17) is 4.42 Å². The number of benzene rings is 2. The van der Waals surface area contributed by atoms with Crippen LogP contribution in [0.4, 0.5) is 18.9 Å². The molecule has 0 aliphatic rings. The first-order chi connectivity index (χ1) is 10.8. The average Bonchev–Trinajstić information content (AvgIpc) is 2.90. The Morgan fingerprint density at radius 1 is 0.957 bits per heavy atom. The first-order valence-electron chi connectivity index (χ1n) is 6.45. The normalized spacial score (nSPS) is 12.5. The second-order valence-corrected chi connectivity index (χ2v) is 6.42. The summed E-state index contributed by atoms with van der Waals surface area (Å²) in [6.07, 6.45) is 0. The molecule has 0 amide bonds. The number of anilines is 1. The predicted molar refractivity (Wildman–Crippen MR) is 80.2 cm³/mol. The van der Waals surface area contributed by atoms with E-state index in [0.29, 0.717) is 5.58 Å². The lowest BCUT2D eigenvalue weighted by molar-refractivity contribution is -0.0429. The van der Waals surface area contributed by atoms with Crippen molar-refractivity contribution in [2.45, 2.75) is 5.51 Å². The van der Waals surface area contributed by atoms with E-state index < -0.39 is 15.5 Å². The van der Waals surface area contributed by atoms with E-state index in [9.17, 15) is 21.6 Å². The number of alkyl halides is 3. The molecule has 1 aromatic heterocycles. The van der Waals surface area contributed by atoms with Crippen molar-refractivity contribution in [1.82, 2.24) is 0 Å². The molecule has 0 saturated heterocycles. The van der Waals surface area contributed by atoms with Crippen molar-refractivity contribution < 1.29 is 26.0 Å². The molecule has 0 bridgehead atoms. The molecular formula is C15H10F3NO3S. The zero-order chi connectivity index (χ0) is 16.7. The summed E-state index contributed by atoms with van der Waals surface area (Å²) in [6, 6.07) is 14.4. The number of rotatable bonds is 3. The van der Waals surface area contributed by atoms with Crippen molar-refractivity contribution in [3.8, 4) is 11.3 Å².